The zero-order valence-corrected chi connectivity index (χ0v) is 16.8. The molecule has 3 aromatic heterocycles. The minimum atomic E-state index is -1.13. The Hall–Kier alpha value is -3.13. The van der Waals surface area contributed by atoms with Crippen LogP contribution in [0.4, 0.5) is 0 Å². The Bertz CT molecular complexity index is 1010. The number of rotatable bonds is 10. The van der Waals surface area contributed by atoms with E-state index < -0.39 is 11.9 Å². The van der Waals surface area contributed by atoms with Crippen molar-refractivity contribution in [3.05, 3.63) is 69.3 Å². The van der Waals surface area contributed by atoms with Crippen LogP contribution < -0.4 is 0 Å². The molecule has 3 rings (SSSR count). The number of carboxylic acids is 2. The molecule has 0 aliphatic heterocycles. The van der Waals surface area contributed by atoms with E-state index in [-0.39, 0.29) is 17.9 Å². The number of furan rings is 1. The molecule has 2 N–H and O–H groups in total. The molecule has 0 spiro atoms. The van der Waals surface area contributed by atoms with Crippen LogP contribution in [0.2, 0.25) is 0 Å². The number of aromatic carboxylic acids is 1. The van der Waals surface area contributed by atoms with Gasteiger partial charge in [0.05, 0.1) is 18.4 Å². The number of aryl methyl sites for hydroxylation is 1. The lowest BCUT2D eigenvalue weighted by Crippen LogP contribution is -2.09. The van der Waals surface area contributed by atoms with Crippen molar-refractivity contribution in [3.8, 4) is 0 Å². The Morgan fingerprint density at radius 1 is 1.28 bits per heavy atom. The van der Waals surface area contributed by atoms with Crippen molar-refractivity contribution in [1.29, 1.82) is 0 Å². The third-order valence-corrected chi connectivity index (χ3v) is 5.33. The van der Waals surface area contributed by atoms with Crippen LogP contribution in [0.1, 0.15) is 52.5 Å². The fraction of sp³-hybridized carbons (Fsp3) is 0.286. The maximum atomic E-state index is 11.8. The van der Waals surface area contributed by atoms with Crippen LogP contribution in [0.3, 0.4) is 0 Å². The monoisotopic (exact) mass is 414 g/mol. The van der Waals surface area contributed by atoms with Gasteiger partial charge in [0, 0.05) is 23.3 Å². The van der Waals surface area contributed by atoms with E-state index >= 15 is 0 Å². The van der Waals surface area contributed by atoms with Crippen molar-refractivity contribution in [3.63, 3.8) is 0 Å². The van der Waals surface area contributed by atoms with E-state index in [9.17, 15) is 14.7 Å². The summed E-state index contributed by atoms with van der Waals surface area (Å²) in [6, 6.07) is 6.82. The summed E-state index contributed by atoms with van der Waals surface area (Å²) in [5, 5.41) is 20.6. The molecule has 0 saturated carbocycles. The molecule has 0 aliphatic carbocycles. The molecule has 0 aromatic carbocycles. The Balaban J connectivity index is 1.94. The Morgan fingerprint density at radius 2 is 2.10 bits per heavy atom. The molecule has 0 amide bonds. The summed E-state index contributed by atoms with van der Waals surface area (Å²) in [5.41, 5.74) is 0.916. The second kappa shape index (κ2) is 9.38. The summed E-state index contributed by atoms with van der Waals surface area (Å²) in [6.07, 6.45) is 6.30. The van der Waals surface area contributed by atoms with Gasteiger partial charge in [-0.2, -0.15) is 0 Å². The Kier molecular flexibility index (Phi) is 6.66. The summed E-state index contributed by atoms with van der Waals surface area (Å²) in [6.45, 7) is 2.37. The van der Waals surface area contributed by atoms with Crippen molar-refractivity contribution >= 4 is 29.4 Å². The van der Waals surface area contributed by atoms with Crippen LogP contribution in [0, 0.1) is 0 Å². The molecule has 3 aromatic rings. The molecular formula is C21H22N2O5S. The molecule has 29 heavy (non-hydrogen) atoms. The van der Waals surface area contributed by atoms with Crippen molar-refractivity contribution in [2.75, 3.05) is 0 Å². The molecule has 0 unspecified atom stereocenters. The number of aliphatic carboxylic acids is 1. The van der Waals surface area contributed by atoms with E-state index in [1.54, 1.807) is 18.3 Å². The molecule has 8 heteroatoms. The fourth-order valence-corrected chi connectivity index (χ4v) is 3.69. The van der Waals surface area contributed by atoms with Gasteiger partial charge in [0.15, 0.2) is 0 Å². The topological polar surface area (TPSA) is 106 Å². The van der Waals surface area contributed by atoms with Gasteiger partial charge in [0.2, 0.25) is 5.76 Å². The SMILES string of the molecule is CCCCc1ncc(C=C(Cc2cccs2)C(=O)O)n1Cc1ccc(C(=O)O)o1. The average molecular weight is 414 g/mol. The average Bonchev–Trinajstić information content (AvgIpc) is 3.42. The maximum absolute atomic E-state index is 11.8. The lowest BCUT2D eigenvalue weighted by molar-refractivity contribution is -0.132. The number of hydrogen-bond donors (Lipinski definition) is 2. The van der Waals surface area contributed by atoms with Gasteiger partial charge >= 0.3 is 11.9 Å². The van der Waals surface area contributed by atoms with Crippen molar-refractivity contribution in [2.24, 2.45) is 0 Å². The van der Waals surface area contributed by atoms with Gasteiger partial charge in [-0.3, -0.25) is 0 Å². The second-order valence-electron chi connectivity index (χ2n) is 6.59. The largest absolute Gasteiger partial charge is 0.478 e. The van der Waals surface area contributed by atoms with Gasteiger partial charge in [-0.25, -0.2) is 14.6 Å². The fourth-order valence-electron chi connectivity index (χ4n) is 2.96. The van der Waals surface area contributed by atoms with E-state index in [0.717, 1.165) is 30.0 Å². The predicted octanol–water partition coefficient (Wildman–Crippen LogP) is 4.34. The van der Waals surface area contributed by atoms with E-state index in [2.05, 4.69) is 11.9 Å². The maximum Gasteiger partial charge on any atom is 0.371 e. The standard InChI is InChI=1S/C21H22N2O5S/c1-2-3-6-19-22-12-15(10-14(20(24)25)11-17-5-4-9-29-17)23(19)13-16-7-8-18(28-16)21(26)27/h4-5,7-10,12H,2-3,6,11,13H2,1H3,(H,24,25)(H,26,27). The molecule has 0 bridgehead atoms. The Morgan fingerprint density at radius 3 is 2.72 bits per heavy atom. The number of thiophene rings is 1. The van der Waals surface area contributed by atoms with Gasteiger partial charge in [-0.05, 0) is 36.1 Å². The lowest BCUT2D eigenvalue weighted by Gasteiger charge is -2.10. The van der Waals surface area contributed by atoms with E-state index in [1.807, 2.05) is 22.1 Å². The predicted molar refractivity (Wildman–Crippen MR) is 109 cm³/mol. The number of aromatic nitrogens is 2. The summed E-state index contributed by atoms with van der Waals surface area (Å²) >= 11 is 1.51. The van der Waals surface area contributed by atoms with E-state index in [0.29, 0.717) is 17.9 Å². The first kappa shape index (κ1) is 20.6. The van der Waals surface area contributed by atoms with Crippen molar-refractivity contribution in [2.45, 2.75) is 39.2 Å². The number of unbranched alkanes of at least 4 members (excludes halogenated alkanes) is 1. The van der Waals surface area contributed by atoms with Crippen molar-refractivity contribution in [1.82, 2.24) is 9.55 Å². The quantitative estimate of drug-likeness (QED) is 0.478. The third kappa shape index (κ3) is 5.23. The van der Waals surface area contributed by atoms with Crippen LogP contribution in [0.15, 0.2) is 45.8 Å². The lowest BCUT2D eigenvalue weighted by atomic mass is 10.1. The zero-order valence-electron chi connectivity index (χ0n) is 16.0. The molecule has 0 aliphatic rings. The molecule has 0 saturated heterocycles. The molecular weight excluding hydrogens is 392 g/mol. The van der Waals surface area contributed by atoms with Crippen LogP contribution in [0.25, 0.3) is 6.08 Å². The van der Waals surface area contributed by atoms with Crippen LogP contribution >= 0.6 is 11.3 Å². The Labute approximate surface area is 171 Å². The molecule has 3 heterocycles. The van der Waals surface area contributed by atoms with Gasteiger partial charge in [-0.15, -0.1) is 11.3 Å². The van der Waals surface area contributed by atoms with Gasteiger partial charge in [0.25, 0.3) is 0 Å². The van der Waals surface area contributed by atoms with Crippen molar-refractivity contribution < 1.29 is 24.2 Å². The number of imidazole rings is 1. The first-order chi connectivity index (χ1) is 14.0. The molecule has 0 atom stereocenters. The summed E-state index contributed by atoms with van der Waals surface area (Å²) in [7, 11) is 0. The minimum Gasteiger partial charge on any atom is -0.478 e. The first-order valence-electron chi connectivity index (χ1n) is 9.30. The third-order valence-electron chi connectivity index (χ3n) is 4.45. The normalized spacial score (nSPS) is 11.7. The molecule has 152 valence electrons. The zero-order chi connectivity index (χ0) is 20.8. The highest BCUT2D eigenvalue weighted by Crippen LogP contribution is 2.20. The van der Waals surface area contributed by atoms with Crippen LogP contribution in [-0.2, 0) is 24.2 Å². The molecule has 0 radical (unpaired) electrons. The summed E-state index contributed by atoms with van der Waals surface area (Å²) in [5.74, 6) is -0.948. The highest BCUT2D eigenvalue weighted by Gasteiger charge is 2.16. The highest BCUT2D eigenvalue weighted by atomic mass is 32.1. The second-order valence-corrected chi connectivity index (χ2v) is 7.62. The molecule has 7 nitrogen and oxygen atoms in total. The number of nitrogens with zero attached hydrogens (tertiary/aromatic N) is 2. The highest BCUT2D eigenvalue weighted by molar-refractivity contribution is 7.09. The number of carboxylic acid groups (broad SMARTS) is 2. The number of carbonyl (C=O) groups is 2. The van der Waals surface area contributed by atoms with Gasteiger partial charge < -0.3 is 19.2 Å². The van der Waals surface area contributed by atoms with Crippen LogP contribution in [-0.4, -0.2) is 31.7 Å². The minimum absolute atomic E-state index is 0.128. The van der Waals surface area contributed by atoms with Gasteiger partial charge in [-0.1, -0.05) is 19.4 Å². The number of hydrogen-bond acceptors (Lipinski definition) is 5. The summed E-state index contributed by atoms with van der Waals surface area (Å²) < 4.78 is 7.27. The van der Waals surface area contributed by atoms with Crippen LogP contribution in [0.5, 0.6) is 0 Å². The van der Waals surface area contributed by atoms with E-state index in [4.69, 9.17) is 9.52 Å². The smallest absolute Gasteiger partial charge is 0.371 e. The summed E-state index contributed by atoms with van der Waals surface area (Å²) in [4.78, 5) is 28.3. The van der Waals surface area contributed by atoms with Gasteiger partial charge in [0.1, 0.15) is 11.6 Å². The first-order valence-corrected chi connectivity index (χ1v) is 10.2. The molecule has 0 fully saturated rings. The van der Waals surface area contributed by atoms with E-state index in [1.165, 1.54) is 17.4 Å².